The van der Waals surface area contributed by atoms with Gasteiger partial charge in [-0.1, -0.05) is 60.7 Å². The summed E-state index contributed by atoms with van der Waals surface area (Å²) in [6.45, 7) is 5.10. The van der Waals surface area contributed by atoms with Crippen LogP contribution in [0.1, 0.15) is 38.3 Å². The van der Waals surface area contributed by atoms with Gasteiger partial charge in [-0.05, 0) is 44.4 Å². The molecule has 1 spiro atoms. The number of nitrogens with zero attached hydrogens (tertiary/aromatic N) is 1. The topological polar surface area (TPSA) is 111 Å². The van der Waals surface area contributed by atoms with Crippen molar-refractivity contribution in [3.63, 3.8) is 0 Å². The molecule has 2 aromatic carbocycles. The highest BCUT2D eigenvalue weighted by Gasteiger charge is 2.64. The maximum atomic E-state index is 14.3. The van der Waals surface area contributed by atoms with Crippen LogP contribution in [0.2, 0.25) is 0 Å². The summed E-state index contributed by atoms with van der Waals surface area (Å²) in [5, 5.41) is 2.75. The number of anilines is 1. The molecule has 1 N–H and O–H groups in total. The number of alkyl carbamates (subject to hydrolysis) is 1. The number of nitrogens with one attached hydrogen (secondary N) is 1. The molecule has 9 heteroatoms. The lowest BCUT2D eigenvalue weighted by molar-refractivity contribution is -0.151. The summed E-state index contributed by atoms with van der Waals surface area (Å²) >= 11 is 0. The van der Waals surface area contributed by atoms with Crippen LogP contribution in [0.4, 0.5) is 15.3 Å². The highest BCUT2D eigenvalue weighted by molar-refractivity contribution is 6.23. The van der Waals surface area contributed by atoms with Crippen molar-refractivity contribution in [1.82, 2.24) is 5.32 Å². The molecule has 4 rings (SSSR count). The number of imide groups is 1. The van der Waals surface area contributed by atoms with Crippen LogP contribution in [0, 0.1) is 5.92 Å². The molecule has 0 aromatic heterocycles. The summed E-state index contributed by atoms with van der Waals surface area (Å²) in [6.07, 6.45) is 1.89. The minimum Gasteiger partial charge on any atom is -0.469 e. The summed E-state index contributed by atoms with van der Waals surface area (Å²) in [5.41, 5.74) is -1.03. The molecule has 37 heavy (non-hydrogen) atoms. The van der Waals surface area contributed by atoms with Gasteiger partial charge in [-0.25, -0.2) is 14.5 Å². The lowest BCUT2D eigenvalue weighted by atomic mass is 9.62. The fourth-order valence-electron chi connectivity index (χ4n) is 4.94. The minimum atomic E-state index is -1.65. The maximum absolute atomic E-state index is 14.3. The van der Waals surface area contributed by atoms with Crippen LogP contribution in [0.3, 0.4) is 0 Å². The number of benzene rings is 2. The first-order chi connectivity index (χ1) is 17.6. The number of hydrogen-bond donors (Lipinski definition) is 1. The molecular formula is C28H30N2O7. The lowest BCUT2D eigenvalue weighted by Gasteiger charge is -2.42. The third-order valence-electron chi connectivity index (χ3n) is 6.44. The predicted molar refractivity (Wildman–Crippen MR) is 135 cm³/mol. The van der Waals surface area contributed by atoms with Gasteiger partial charge in [0.1, 0.15) is 17.6 Å². The van der Waals surface area contributed by atoms with E-state index in [0.29, 0.717) is 5.56 Å². The van der Waals surface area contributed by atoms with Gasteiger partial charge in [-0.2, -0.15) is 0 Å². The summed E-state index contributed by atoms with van der Waals surface area (Å²) in [6, 6.07) is 14.8. The standard InChI is InChI=1S/C28H30N2O7/c1-27(2,3)37-26(34)30-21-15-9-8-13-19(21)28(24(30)32)20(23(31)35-4)14-10-16-22(28)29-25(33)36-17-18-11-6-5-7-12-18/h5-13,15-16,20,22H,14,17H2,1-4H3,(H,29,33)/t20-,22+,28-/m0/s1. The Hall–Kier alpha value is -4.14. The molecule has 0 radical (unpaired) electrons. The average molecular weight is 507 g/mol. The SMILES string of the molecule is COC(=O)[C@@H]1CC=C[C@@H](NC(=O)OCc2ccccc2)[C@@]12C(=O)N(C(=O)OC(C)(C)C)c1ccccc12. The van der Waals surface area contributed by atoms with Crippen molar-refractivity contribution < 1.29 is 33.4 Å². The van der Waals surface area contributed by atoms with E-state index in [1.807, 2.05) is 30.3 Å². The molecule has 194 valence electrons. The van der Waals surface area contributed by atoms with E-state index in [1.54, 1.807) is 57.2 Å². The Morgan fingerprint density at radius 1 is 1.05 bits per heavy atom. The zero-order chi connectivity index (χ0) is 26.8. The number of allylic oxidation sites excluding steroid dienone is 1. The van der Waals surface area contributed by atoms with Crippen LogP contribution in [-0.2, 0) is 35.8 Å². The molecule has 9 nitrogen and oxygen atoms in total. The van der Waals surface area contributed by atoms with Crippen molar-refractivity contribution in [3.05, 3.63) is 77.9 Å². The highest BCUT2D eigenvalue weighted by atomic mass is 16.6. The summed E-state index contributed by atoms with van der Waals surface area (Å²) in [4.78, 5) is 54.4. The van der Waals surface area contributed by atoms with Crippen LogP contribution >= 0.6 is 0 Å². The quantitative estimate of drug-likeness (QED) is 0.375. The minimum absolute atomic E-state index is 0.0190. The molecule has 1 aliphatic heterocycles. The van der Waals surface area contributed by atoms with Crippen LogP contribution in [0.15, 0.2) is 66.7 Å². The Labute approximate surface area is 215 Å². The van der Waals surface area contributed by atoms with Crippen molar-refractivity contribution in [1.29, 1.82) is 0 Å². The molecule has 3 atom stereocenters. The average Bonchev–Trinajstić information content (AvgIpc) is 3.12. The van der Waals surface area contributed by atoms with E-state index in [1.165, 1.54) is 7.11 Å². The second kappa shape index (κ2) is 10.1. The van der Waals surface area contributed by atoms with E-state index < -0.39 is 47.0 Å². The van der Waals surface area contributed by atoms with Crippen LogP contribution in [0.25, 0.3) is 0 Å². The van der Waals surface area contributed by atoms with Gasteiger partial charge in [0.05, 0.1) is 24.8 Å². The Morgan fingerprint density at radius 3 is 2.41 bits per heavy atom. The number of para-hydroxylation sites is 1. The zero-order valence-corrected chi connectivity index (χ0v) is 21.2. The number of hydrogen-bond acceptors (Lipinski definition) is 7. The van der Waals surface area contributed by atoms with Crippen molar-refractivity contribution in [2.24, 2.45) is 5.92 Å². The van der Waals surface area contributed by atoms with Gasteiger partial charge >= 0.3 is 18.2 Å². The van der Waals surface area contributed by atoms with Crippen LogP contribution in [-0.4, -0.2) is 42.8 Å². The number of amides is 3. The third kappa shape index (κ3) is 4.81. The molecule has 0 saturated heterocycles. The molecule has 2 aliphatic rings. The third-order valence-corrected chi connectivity index (χ3v) is 6.44. The summed E-state index contributed by atoms with van der Waals surface area (Å²) < 4.78 is 16.0. The Balaban J connectivity index is 1.75. The van der Waals surface area contributed by atoms with Gasteiger partial charge < -0.3 is 19.5 Å². The molecule has 1 aliphatic carbocycles. The number of esters is 1. The Bertz CT molecular complexity index is 1230. The normalized spacial score (nSPS) is 22.4. The molecule has 1 heterocycles. The Morgan fingerprint density at radius 2 is 1.73 bits per heavy atom. The predicted octanol–water partition coefficient (Wildman–Crippen LogP) is 4.25. The van der Waals surface area contributed by atoms with Crippen molar-refractivity contribution in [2.45, 2.75) is 50.9 Å². The molecule has 0 unspecified atom stereocenters. The molecular weight excluding hydrogens is 476 g/mol. The number of methoxy groups -OCH3 is 1. The zero-order valence-electron chi connectivity index (χ0n) is 21.2. The fraction of sp³-hybridized carbons (Fsp3) is 0.357. The van der Waals surface area contributed by atoms with E-state index in [2.05, 4.69) is 5.32 Å². The van der Waals surface area contributed by atoms with Gasteiger partial charge in [0.25, 0.3) is 5.91 Å². The lowest BCUT2D eigenvalue weighted by Crippen LogP contribution is -2.62. The first-order valence-electron chi connectivity index (χ1n) is 12.0. The number of rotatable bonds is 4. The van der Waals surface area contributed by atoms with Crippen LogP contribution < -0.4 is 10.2 Å². The Kier molecular flexibility index (Phi) is 7.07. The number of carbonyl (C=O) groups is 4. The van der Waals surface area contributed by atoms with E-state index in [0.717, 1.165) is 10.5 Å². The number of ether oxygens (including phenoxy) is 3. The summed E-state index contributed by atoms with van der Waals surface area (Å²) in [5.74, 6) is -2.33. The molecule has 0 bridgehead atoms. The van der Waals surface area contributed by atoms with Gasteiger partial charge in [0, 0.05) is 0 Å². The van der Waals surface area contributed by atoms with Gasteiger partial charge in [-0.15, -0.1) is 0 Å². The fourth-order valence-corrected chi connectivity index (χ4v) is 4.94. The summed E-state index contributed by atoms with van der Waals surface area (Å²) in [7, 11) is 1.24. The number of carbonyl (C=O) groups excluding carboxylic acids is 4. The first kappa shape index (κ1) is 25.9. The van der Waals surface area contributed by atoms with Crippen molar-refractivity contribution in [2.75, 3.05) is 12.0 Å². The molecule has 3 amide bonds. The van der Waals surface area contributed by atoms with E-state index in [9.17, 15) is 19.2 Å². The van der Waals surface area contributed by atoms with Crippen LogP contribution in [0.5, 0.6) is 0 Å². The van der Waals surface area contributed by atoms with E-state index in [-0.39, 0.29) is 18.7 Å². The van der Waals surface area contributed by atoms with Gasteiger partial charge in [-0.3, -0.25) is 9.59 Å². The van der Waals surface area contributed by atoms with E-state index >= 15 is 0 Å². The second-order valence-corrected chi connectivity index (χ2v) is 9.93. The second-order valence-electron chi connectivity index (χ2n) is 9.93. The van der Waals surface area contributed by atoms with E-state index in [4.69, 9.17) is 14.2 Å². The number of fused-ring (bicyclic) bond motifs is 2. The highest BCUT2D eigenvalue weighted by Crippen LogP contribution is 2.52. The van der Waals surface area contributed by atoms with Crippen molar-refractivity contribution >= 4 is 29.8 Å². The smallest absolute Gasteiger partial charge is 0.421 e. The maximum Gasteiger partial charge on any atom is 0.421 e. The molecule has 0 fully saturated rings. The first-order valence-corrected chi connectivity index (χ1v) is 12.0. The monoisotopic (exact) mass is 506 g/mol. The van der Waals surface area contributed by atoms with Gasteiger partial charge in [0.15, 0.2) is 0 Å². The largest absolute Gasteiger partial charge is 0.469 e. The van der Waals surface area contributed by atoms with Crippen molar-refractivity contribution in [3.8, 4) is 0 Å². The van der Waals surface area contributed by atoms with Gasteiger partial charge in [0.2, 0.25) is 0 Å². The molecule has 2 aromatic rings. The molecule has 0 saturated carbocycles.